The Labute approximate surface area is 190 Å². The molecule has 6 rings (SSSR count). The van der Waals surface area contributed by atoms with Gasteiger partial charge in [-0.15, -0.1) is 11.3 Å². The molecule has 2 saturated heterocycles. The molecule has 0 spiro atoms. The molecule has 1 aromatic carbocycles. The van der Waals surface area contributed by atoms with E-state index in [1.165, 1.54) is 5.56 Å². The van der Waals surface area contributed by atoms with Gasteiger partial charge in [0.05, 0.1) is 53.7 Å². The van der Waals surface area contributed by atoms with E-state index in [2.05, 4.69) is 33.2 Å². The Hall–Kier alpha value is -2.59. The molecule has 0 radical (unpaired) electrons. The molecule has 4 aromatic rings. The lowest BCUT2D eigenvalue weighted by Crippen LogP contribution is -2.44. The van der Waals surface area contributed by atoms with Gasteiger partial charge in [0.15, 0.2) is 5.82 Å². The summed E-state index contributed by atoms with van der Waals surface area (Å²) in [5.41, 5.74) is 4.24. The highest BCUT2D eigenvalue weighted by atomic mass is 32.1. The van der Waals surface area contributed by atoms with Crippen LogP contribution in [0.4, 0.5) is 5.82 Å². The lowest BCUT2D eigenvalue weighted by Gasteiger charge is -2.34. The average molecular weight is 451 g/mol. The smallest absolute Gasteiger partial charge is 0.238 e. The number of benzene rings is 1. The molecule has 32 heavy (non-hydrogen) atoms. The highest BCUT2D eigenvalue weighted by molar-refractivity contribution is 7.18. The van der Waals surface area contributed by atoms with Crippen molar-refractivity contribution in [3.63, 3.8) is 0 Å². The zero-order chi connectivity index (χ0) is 21.5. The quantitative estimate of drug-likeness (QED) is 0.473. The van der Waals surface area contributed by atoms with Crippen molar-refractivity contribution in [2.75, 3.05) is 51.0 Å². The summed E-state index contributed by atoms with van der Waals surface area (Å²) in [4.78, 5) is 19.5. The number of nitrogens with zero attached hydrogens (tertiary/aromatic N) is 6. The van der Waals surface area contributed by atoms with Crippen LogP contribution in [0.15, 0.2) is 36.0 Å². The maximum absolute atomic E-state index is 5.70. The molecule has 0 N–H and O–H groups in total. The molecule has 2 aliphatic rings. The molecule has 1 atom stereocenters. The summed E-state index contributed by atoms with van der Waals surface area (Å²) < 4.78 is 14.4. The van der Waals surface area contributed by atoms with Gasteiger partial charge >= 0.3 is 0 Å². The fourth-order valence-corrected chi connectivity index (χ4v) is 5.52. The van der Waals surface area contributed by atoms with Crippen LogP contribution >= 0.6 is 11.3 Å². The van der Waals surface area contributed by atoms with Crippen LogP contribution in [0.2, 0.25) is 0 Å². The number of hydrogen-bond acceptors (Lipinski definition) is 8. The van der Waals surface area contributed by atoms with Gasteiger partial charge in [-0.3, -0.25) is 9.47 Å². The summed E-state index contributed by atoms with van der Waals surface area (Å²) in [5.74, 6) is 1.67. The Kier molecular flexibility index (Phi) is 5.26. The Balaban J connectivity index is 1.50. The zero-order valence-corrected chi connectivity index (χ0v) is 18.9. The van der Waals surface area contributed by atoms with Crippen LogP contribution in [-0.2, 0) is 16.0 Å². The van der Waals surface area contributed by atoms with Crippen molar-refractivity contribution in [1.29, 1.82) is 0 Å². The largest absolute Gasteiger partial charge is 0.379 e. The minimum Gasteiger partial charge on any atom is -0.379 e. The minimum absolute atomic E-state index is 0.263. The summed E-state index contributed by atoms with van der Waals surface area (Å²) in [6, 6.07) is 8.38. The van der Waals surface area contributed by atoms with E-state index in [9.17, 15) is 0 Å². The van der Waals surface area contributed by atoms with Crippen molar-refractivity contribution in [1.82, 2.24) is 24.4 Å². The van der Waals surface area contributed by atoms with Gasteiger partial charge < -0.3 is 14.4 Å². The molecule has 3 aromatic heterocycles. The number of rotatable bonds is 4. The average Bonchev–Trinajstić information content (AvgIpc) is 3.44. The summed E-state index contributed by atoms with van der Waals surface area (Å²) in [6.07, 6.45) is 1.83. The zero-order valence-electron chi connectivity index (χ0n) is 18.1. The van der Waals surface area contributed by atoms with Crippen LogP contribution in [-0.4, -0.2) is 76.5 Å². The molecule has 0 saturated carbocycles. The number of thiophene rings is 1. The van der Waals surface area contributed by atoms with Gasteiger partial charge in [0.2, 0.25) is 5.95 Å². The SMILES string of the molecule is C[C@@H]1COCCN1c1nc(-n2cnc3ccccc32)nc2c(CN3CCOCC3)csc12. The lowest BCUT2D eigenvalue weighted by atomic mass is 10.2. The Morgan fingerprint density at radius 1 is 1.06 bits per heavy atom. The van der Waals surface area contributed by atoms with Gasteiger partial charge in [0, 0.05) is 31.7 Å². The second-order valence-corrected chi connectivity index (χ2v) is 9.27. The van der Waals surface area contributed by atoms with E-state index in [4.69, 9.17) is 19.4 Å². The molecule has 0 unspecified atom stereocenters. The van der Waals surface area contributed by atoms with Gasteiger partial charge in [-0.1, -0.05) is 12.1 Å². The Bertz CT molecular complexity index is 1250. The fourth-order valence-electron chi connectivity index (χ4n) is 4.51. The van der Waals surface area contributed by atoms with Crippen LogP contribution in [0.3, 0.4) is 0 Å². The molecule has 2 aliphatic heterocycles. The van der Waals surface area contributed by atoms with Gasteiger partial charge in [0.1, 0.15) is 6.33 Å². The van der Waals surface area contributed by atoms with E-state index >= 15 is 0 Å². The van der Waals surface area contributed by atoms with Gasteiger partial charge in [0.25, 0.3) is 0 Å². The summed E-state index contributed by atoms with van der Waals surface area (Å²) in [6.45, 7) is 8.81. The minimum atomic E-state index is 0.263. The van der Waals surface area contributed by atoms with Gasteiger partial charge in [-0.25, -0.2) is 9.97 Å². The highest BCUT2D eigenvalue weighted by Crippen LogP contribution is 2.35. The third kappa shape index (κ3) is 3.55. The standard InChI is InChI=1S/C23H26N6O2S/c1-16-13-31-11-8-28(16)22-21-20(17(14-32-21)12-27-6-9-30-10-7-27)25-23(26-22)29-15-24-18-4-2-3-5-19(18)29/h2-5,14-16H,6-13H2,1H3/t16-/m1/s1. The van der Waals surface area contributed by atoms with Crippen molar-refractivity contribution >= 4 is 38.4 Å². The number of aromatic nitrogens is 4. The number of ether oxygens (including phenoxy) is 2. The van der Waals surface area contributed by atoms with E-state index < -0.39 is 0 Å². The van der Waals surface area contributed by atoms with E-state index in [0.717, 1.165) is 66.5 Å². The number of anilines is 1. The molecule has 8 nitrogen and oxygen atoms in total. The Morgan fingerprint density at radius 3 is 2.78 bits per heavy atom. The van der Waals surface area contributed by atoms with Crippen LogP contribution in [0, 0.1) is 0 Å². The number of fused-ring (bicyclic) bond motifs is 2. The molecule has 166 valence electrons. The maximum Gasteiger partial charge on any atom is 0.238 e. The topological polar surface area (TPSA) is 68.5 Å². The highest BCUT2D eigenvalue weighted by Gasteiger charge is 2.26. The molecule has 9 heteroatoms. The summed E-state index contributed by atoms with van der Waals surface area (Å²) in [7, 11) is 0. The molecule has 0 aliphatic carbocycles. The number of imidazole rings is 1. The monoisotopic (exact) mass is 450 g/mol. The normalized spacial score (nSPS) is 20.4. The predicted octanol–water partition coefficient (Wildman–Crippen LogP) is 3.09. The number of hydrogen-bond donors (Lipinski definition) is 0. The van der Waals surface area contributed by atoms with Crippen LogP contribution in [0.25, 0.3) is 27.2 Å². The molecule has 5 heterocycles. The second kappa shape index (κ2) is 8.40. The maximum atomic E-state index is 5.70. The third-order valence-electron chi connectivity index (χ3n) is 6.27. The van der Waals surface area contributed by atoms with Gasteiger partial charge in [-0.05, 0) is 24.4 Å². The van der Waals surface area contributed by atoms with Crippen molar-refractivity contribution in [2.45, 2.75) is 19.5 Å². The van der Waals surface area contributed by atoms with Crippen LogP contribution in [0.5, 0.6) is 0 Å². The van der Waals surface area contributed by atoms with Gasteiger partial charge in [-0.2, -0.15) is 4.98 Å². The molecule has 0 bridgehead atoms. The van der Waals surface area contributed by atoms with Crippen molar-refractivity contribution in [2.24, 2.45) is 0 Å². The summed E-state index contributed by atoms with van der Waals surface area (Å²) in [5, 5.41) is 2.25. The van der Waals surface area contributed by atoms with E-state index in [1.807, 2.05) is 29.1 Å². The lowest BCUT2D eigenvalue weighted by molar-refractivity contribution is 0.0344. The first-order valence-corrected chi connectivity index (χ1v) is 12.0. The fraction of sp³-hybridized carbons (Fsp3) is 0.435. The third-order valence-corrected chi connectivity index (χ3v) is 7.28. The summed E-state index contributed by atoms with van der Waals surface area (Å²) >= 11 is 1.74. The van der Waals surface area contributed by atoms with Crippen molar-refractivity contribution < 1.29 is 9.47 Å². The first kappa shape index (κ1) is 20.0. The molecular weight excluding hydrogens is 424 g/mol. The molecule has 2 fully saturated rings. The van der Waals surface area contributed by atoms with E-state index in [0.29, 0.717) is 19.2 Å². The molecule has 0 amide bonds. The van der Waals surface area contributed by atoms with E-state index in [-0.39, 0.29) is 6.04 Å². The second-order valence-electron chi connectivity index (χ2n) is 8.40. The number of morpholine rings is 2. The predicted molar refractivity (Wildman–Crippen MR) is 126 cm³/mol. The van der Waals surface area contributed by atoms with Crippen LogP contribution in [0.1, 0.15) is 12.5 Å². The first-order valence-electron chi connectivity index (χ1n) is 11.1. The van der Waals surface area contributed by atoms with Crippen LogP contribution < -0.4 is 4.90 Å². The molecular formula is C23H26N6O2S. The number of para-hydroxylation sites is 2. The first-order chi connectivity index (χ1) is 15.8. The van der Waals surface area contributed by atoms with Crippen molar-refractivity contribution in [3.8, 4) is 5.95 Å². The van der Waals surface area contributed by atoms with E-state index in [1.54, 1.807) is 11.3 Å². The Morgan fingerprint density at radius 2 is 1.91 bits per heavy atom. The van der Waals surface area contributed by atoms with Crippen molar-refractivity contribution in [3.05, 3.63) is 41.5 Å².